The van der Waals surface area contributed by atoms with Gasteiger partial charge in [0.05, 0.1) is 0 Å². The predicted molar refractivity (Wildman–Crippen MR) is 43.5 cm³/mol. The second kappa shape index (κ2) is 2.64. The largest absolute Gasteiger partial charge is 0.378 e. The van der Waals surface area contributed by atoms with Gasteiger partial charge in [-0.3, -0.25) is 0 Å². The number of hydrogen-bond donors (Lipinski definition) is 1. The molecule has 0 aliphatic heterocycles. The first kappa shape index (κ1) is 9.52. The molecule has 0 amide bonds. The average Bonchev–Trinajstić information content (AvgIpc) is 1.57. The van der Waals surface area contributed by atoms with Crippen LogP contribution in [0.4, 0.5) is 0 Å². The standard InChI is InChI=1S/C9H16O/c1-8(2,3)6-7-9(4,5)10/h10H,1-5H3. The summed E-state index contributed by atoms with van der Waals surface area (Å²) in [5.74, 6) is 5.73. The molecule has 0 aromatic rings. The molecule has 0 radical (unpaired) electrons. The molecule has 0 rings (SSSR count). The Labute approximate surface area is 63.5 Å². The SMILES string of the molecule is CC(C)(C)C#CC(C)(C)O. The minimum atomic E-state index is -0.854. The Hall–Kier alpha value is -0.480. The first-order valence-corrected chi connectivity index (χ1v) is 3.47. The molecule has 0 heterocycles. The molecule has 0 fully saturated rings. The summed E-state index contributed by atoms with van der Waals surface area (Å²) in [6.07, 6.45) is 0. The third-order valence-electron chi connectivity index (χ3n) is 0.743. The summed E-state index contributed by atoms with van der Waals surface area (Å²) in [5.41, 5.74) is -0.868. The number of rotatable bonds is 0. The van der Waals surface area contributed by atoms with Gasteiger partial charge >= 0.3 is 0 Å². The van der Waals surface area contributed by atoms with Crippen molar-refractivity contribution in [2.45, 2.75) is 40.2 Å². The molecule has 0 saturated carbocycles. The maximum atomic E-state index is 9.21. The summed E-state index contributed by atoms with van der Waals surface area (Å²) in [6.45, 7) is 9.43. The van der Waals surface area contributed by atoms with Gasteiger partial charge in [-0.05, 0) is 34.6 Å². The fraction of sp³-hybridized carbons (Fsp3) is 0.778. The van der Waals surface area contributed by atoms with Gasteiger partial charge in [-0.25, -0.2) is 0 Å². The second-order valence-electron chi connectivity index (χ2n) is 4.06. The fourth-order valence-electron chi connectivity index (χ4n) is 0.340. The highest BCUT2D eigenvalue weighted by Gasteiger charge is 2.09. The molecule has 1 N–H and O–H groups in total. The molecule has 0 bridgehead atoms. The lowest BCUT2D eigenvalue weighted by atomic mass is 9.96. The van der Waals surface area contributed by atoms with E-state index < -0.39 is 5.60 Å². The zero-order chi connectivity index (χ0) is 8.41. The Bertz CT molecular complexity index is 138. The Balaban J connectivity index is 4.19. The van der Waals surface area contributed by atoms with Crippen molar-refractivity contribution in [3.05, 3.63) is 0 Å². The van der Waals surface area contributed by atoms with Crippen molar-refractivity contribution in [2.75, 3.05) is 0 Å². The van der Waals surface area contributed by atoms with Gasteiger partial charge in [-0.15, -0.1) is 0 Å². The summed E-state index contributed by atoms with van der Waals surface area (Å²) in [4.78, 5) is 0. The topological polar surface area (TPSA) is 20.2 Å². The van der Waals surface area contributed by atoms with Crippen LogP contribution in [-0.2, 0) is 0 Å². The lowest BCUT2D eigenvalue weighted by Crippen LogP contribution is -2.16. The summed E-state index contributed by atoms with van der Waals surface area (Å²) in [6, 6.07) is 0. The molecule has 0 saturated heterocycles. The van der Waals surface area contributed by atoms with Gasteiger partial charge in [0.25, 0.3) is 0 Å². The first-order chi connectivity index (χ1) is 4.21. The molecule has 1 heteroatoms. The fourth-order valence-corrected chi connectivity index (χ4v) is 0.340. The second-order valence-corrected chi connectivity index (χ2v) is 4.06. The van der Waals surface area contributed by atoms with Crippen LogP contribution in [-0.4, -0.2) is 10.7 Å². The third kappa shape index (κ3) is 7.52. The Morgan fingerprint density at radius 2 is 1.30 bits per heavy atom. The zero-order valence-corrected chi connectivity index (χ0v) is 7.45. The van der Waals surface area contributed by atoms with Gasteiger partial charge in [0.2, 0.25) is 0 Å². The van der Waals surface area contributed by atoms with Crippen molar-refractivity contribution in [3.63, 3.8) is 0 Å². The van der Waals surface area contributed by atoms with E-state index in [4.69, 9.17) is 0 Å². The smallest absolute Gasteiger partial charge is 0.119 e. The van der Waals surface area contributed by atoms with Crippen molar-refractivity contribution < 1.29 is 5.11 Å². The molecule has 1 nitrogen and oxygen atoms in total. The van der Waals surface area contributed by atoms with Crippen LogP contribution < -0.4 is 0 Å². The summed E-state index contributed by atoms with van der Waals surface area (Å²) >= 11 is 0. The van der Waals surface area contributed by atoms with Gasteiger partial charge in [0.1, 0.15) is 5.60 Å². The monoisotopic (exact) mass is 140 g/mol. The molecule has 0 aliphatic rings. The summed E-state index contributed by atoms with van der Waals surface area (Å²) in [5, 5.41) is 9.21. The maximum absolute atomic E-state index is 9.21. The normalized spacial score (nSPS) is 12.2. The predicted octanol–water partition coefficient (Wildman–Crippen LogP) is 1.81. The van der Waals surface area contributed by atoms with Crippen molar-refractivity contribution in [2.24, 2.45) is 5.41 Å². The third-order valence-corrected chi connectivity index (χ3v) is 0.743. The van der Waals surface area contributed by atoms with Gasteiger partial charge in [-0.2, -0.15) is 0 Å². The Morgan fingerprint density at radius 3 is 1.40 bits per heavy atom. The Morgan fingerprint density at radius 1 is 0.900 bits per heavy atom. The molecule has 10 heavy (non-hydrogen) atoms. The van der Waals surface area contributed by atoms with Crippen LogP contribution in [0.1, 0.15) is 34.6 Å². The molecular weight excluding hydrogens is 124 g/mol. The van der Waals surface area contributed by atoms with Gasteiger partial charge in [0, 0.05) is 5.41 Å². The minimum absolute atomic E-state index is 0.0139. The van der Waals surface area contributed by atoms with Gasteiger partial charge in [0.15, 0.2) is 0 Å². The van der Waals surface area contributed by atoms with E-state index in [0.717, 1.165) is 0 Å². The Kier molecular flexibility index (Phi) is 2.51. The van der Waals surface area contributed by atoms with Crippen molar-refractivity contribution in [1.82, 2.24) is 0 Å². The van der Waals surface area contributed by atoms with Crippen LogP contribution in [0.5, 0.6) is 0 Å². The van der Waals surface area contributed by atoms with E-state index in [2.05, 4.69) is 11.8 Å². The number of hydrogen-bond acceptors (Lipinski definition) is 1. The number of aliphatic hydroxyl groups is 1. The lowest BCUT2D eigenvalue weighted by molar-refractivity contribution is 0.143. The molecular formula is C9H16O. The molecule has 0 aromatic carbocycles. The summed E-state index contributed by atoms with van der Waals surface area (Å²) < 4.78 is 0. The van der Waals surface area contributed by atoms with Crippen LogP contribution >= 0.6 is 0 Å². The van der Waals surface area contributed by atoms with Gasteiger partial charge in [-0.1, -0.05) is 11.8 Å². The highest BCUT2D eigenvalue weighted by Crippen LogP contribution is 2.11. The van der Waals surface area contributed by atoms with Crippen molar-refractivity contribution >= 4 is 0 Å². The average molecular weight is 140 g/mol. The van der Waals surface area contributed by atoms with Gasteiger partial charge < -0.3 is 5.11 Å². The van der Waals surface area contributed by atoms with Crippen LogP contribution in [0.15, 0.2) is 0 Å². The molecule has 58 valence electrons. The van der Waals surface area contributed by atoms with E-state index in [-0.39, 0.29) is 5.41 Å². The summed E-state index contributed by atoms with van der Waals surface area (Å²) in [7, 11) is 0. The zero-order valence-electron chi connectivity index (χ0n) is 7.45. The van der Waals surface area contributed by atoms with Crippen molar-refractivity contribution in [1.29, 1.82) is 0 Å². The van der Waals surface area contributed by atoms with E-state index in [0.29, 0.717) is 0 Å². The molecule has 0 atom stereocenters. The first-order valence-electron chi connectivity index (χ1n) is 3.47. The maximum Gasteiger partial charge on any atom is 0.119 e. The lowest BCUT2D eigenvalue weighted by Gasteiger charge is -2.11. The highest BCUT2D eigenvalue weighted by atomic mass is 16.3. The van der Waals surface area contributed by atoms with E-state index in [1.807, 2.05) is 20.8 Å². The van der Waals surface area contributed by atoms with E-state index in [1.165, 1.54) is 0 Å². The van der Waals surface area contributed by atoms with Crippen LogP contribution in [0.25, 0.3) is 0 Å². The highest BCUT2D eigenvalue weighted by molar-refractivity contribution is 5.14. The van der Waals surface area contributed by atoms with Crippen LogP contribution in [0, 0.1) is 17.3 Å². The molecule has 0 spiro atoms. The molecule has 0 unspecified atom stereocenters. The van der Waals surface area contributed by atoms with Crippen molar-refractivity contribution in [3.8, 4) is 11.8 Å². The van der Waals surface area contributed by atoms with Crippen LogP contribution in [0.3, 0.4) is 0 Å². The minimum Gasteiger partial charge on any atom is -0.378 e. The quantitative estimate of drug-likeness (QED) is 0.509. The van der Waals surface area contributed by atoms with E-state index >= 15 is 0 Å². The molecule has 0 aromatic heterocycles. The molecule has 0 aliphatic carbocycles. The van der Waals surface area contributed by atoms with Crippen LogP contribution in [0.2, 0.25) is 0 Å². The van der Waals surface area contributed by atoms with E-state index in [1.54, 1.807) is 13.8 Å². The van der Waals surface area contributed by atoms with E-state index in [9.17, 15) is 5.11 Å².